The van der Waals surface area contributed by atoms with Crippen molar-refractivity contribution in [3.05, 3.63) is 33.8 Å². The summed E-state index contributed by atoms with van der Waals surface area (Å²) in [5, 5.41) is 4.37. The van der Waals surface area contributed by atoms with Crippen molar-refractivity contribution in [3.8, 4) is 0 Å². The molecular formula is C11H14Cl2N2O. The third-order valence-electron chi connectivity index (χ3n) is 2.08. The van der Waals surface area contributed by atoms with Crippen molar-refractivity contribution in [2.75, 3.05) is 0 Å². The molecule has 3 N–H and O–H groups in total. The maximum Gasteiger partial charge on any atom is 0.218 e. The van der Waals surface area contributed by atoms with Crippen LogP contribution in [0.1, 0.15) is 18.9 Å². The Balaban J connectivity index is 2.51. The van der Waals surface area contributed by atoms with Gasteiger partial charge >= 0.3 is 0 Å². The standard InChI is InChI=1S/C11H14Cl2N2O/c1-7(2-11(14)16)15-6-8-3-9(12)5-10(13)4-8/h3-5,7,15H,2,6H2,1H3,(H2,14,16). The second-order valence-corrected chi connectivity index (χ2v) is 4.60. The fourth-order valence-corrected chi connectivity index (χ4v) is 1.95. The Morgan fingerprint density at radius 1 is 1.38 bits per heavy atom. The molecule has 88 valence electrons. The van der Waals surface area contributed by atoms with Gasteiger partial charge in [-0.1, -0.05) is 23.2 Å². The molecule has 1 amide bonds. The average Bonchev–Trinajstić information content (AvgIpc) is 2.12. The van der Waals surface area contributed by atoms with Crippen LogP contribution in [0.3, 0.4) is 0 Å². The van der Waals surface area contributed by atoms with Crippen LogP contribution in [0.15, 0.2) is 18.2 Å². The molecule has 0 aromatic heterocycles. The molecule has 1 unspecified atom stereocenters. The number of amides is 1. The largest absolute Gasteiger partial charge is 0.370 e. The quantitative estimate of drug-likeness (QED) is 0.854. The second-order valence-electron chi connectivity index (χ2n) is 3.73. The van der Waals surface area contributed by atoms with E-state index in [2.05, 4.69) is 5.32 Å². The van der Waals surface area contributed by atoms with Crippen LogP contribution in [0, 0.1) is 0 Å². The number of carbonyl (C=O) groups excluding carboxylic acids is 1. The van der Waals surface area contributed by atoms with Gasteiger partial charge < -0.3 is 11.1 Å². The molecule has 1 aromatic carbocycles. The molecule has 0 radical (unpaired) electrons. The highest BCUT2D eigenvalue weighted by Crippen LogP contribution is 2.18. The normalized spacial score (nSPS) is 12.4. The topological polar surface area (TPSA) is 55.1 Å². The Hall–Kier alpha value is -0.770. The maximum atomic E-state index is 10.7. The van der Waals surface area contributed by atoms with Crippen molar-refractivity contribution in [1.29, 1.82) is 0 Å². The van der Waals surface area contributed by atoms with E-state index in [1.54, 1.807) is 6.07 Å². The number of primary amides is 1. The van der Waals surface area contributed by atoms with Crippen LogP contribution in [0.4, 0.5) is 0 Å². The number of hydrogen-bond donors (Lipinski definition) is 2. The van der Waals surface area contributed by atoms with Gasteiger partial charge in [-0.25, -0.2) is 0 Å². The van der Waals surface area contributed by atoms with Crippen LogP contribution in [0.5, 0.6) is 0 Å². The summed E-state index contributed by atoms with van der Waals surface area (Å²) in [5.41, 5.74) is 6.07. The first-order chi connectivity index (χ1) is 7.47. The molecule has 0 heterocycles. The van der Waals surface area contributed by atoms with E-state index >= 15 is 0 Å². The second kappa shape index (κ2) is 6.09. The van der Waals surface area contributed by atoms with Gasteiger partial charge in [0.25, 0.3) is 0 Å². The number of halogens is 2. The predicted octanol–water partition coefficient (Wildman–Crippen LogP) is 2.35. The predicted molar refractivity (Wildman–Crippen MR) is 66.6 cm³/mol. The Morgan fingerprint density at radius 2 is 1.94 bits per heavy atom. The van der Waals surface area contributed by atoms with E-state index in [1.165, 1.54) is 0 Å². The van der Waals surface area contributed by atoms with Gasteiger partial charge in [-0.3, -0.25) is 4.79 Å². The van der Waals surface area contributed by atoms with Crippen molar-refractivity contribution in [2.24, 2.45) is 5.73 Å². The van der Waals surface area contributed by atoms with Gasteiger partial charge in [0, 0.05) is 29.1 Å². The molecule has 3 nitrogen and oxygen atoms in total. The van der Waals surface area contributed by atoms with Crippen molar-refractivity contribution in [1.82, 2.24) is 5.32 Å². The summed E-state index contributed by atoms with van der Waals surface area (Å²) in [7, 11) is 0. The molecule has 0 fully saturated rings. The molecule has 0 bridgehead atoms. The van der Waals surface area contributed by atoms with Crippen molar-refractivity contribution >= 4 is 29.1 Å². The lowest BCUT2D eigenvalue weighted by Crippen LogP contribution is -2.30. The average molecular weight is 261 g/mol. The van der Waals surface area contributed by atoms with E-state index in [-0.39, 0.29) is 11.9 Å². The minimum atomic E-state index is -0.316. The van der Waals surface area contributed by atoms with E-state index < -0.39 is 0 Å². The number of carbonyl (C=O) groups is 1. The van der Waals surface area contributed by atoms with E-state index in [9.17, 15) is 4.79 Å². The smallest absolute Gasteiger partial charge is 0.218 e. The Morgan fingerprint density at radius 3 is 2.44 bits per heavy atom. The number of benzene rings is 1. The van der Waals surface area contributed by atoms with Crippen LogP contribution in [-0.2, 0) is 11.3 Å². The lowest BCUT2D eigenvalue weighted by molar-refractivity contribution is -0.118. The molecular weight excluding hydrogens is 247 g/mol. The number of nitrogens with one attached hydrogen (secondary N) is 1. The van der Waals surface area contributed by atoms with E-state index in [0.29, 0.717) is 23.0 Å². The summed E-state index contributed by atoms with van der Waals surface area (Å²) >= 11 is 11.7. The SMILES string of the molecule is CC(CC(N)=O)NCc1cc(Cl)cc(Cl)c1. The number of rotatable bonds is 5. The Labute approximate surface area is 105 Å². The number of hydrogen-bond acceptors (Lipinski definition) is 2. The Kier molecular flexibility index (Phi) is 5.06. The molecule has 0 spiro atoms. The van der Waals surface area contributed by atoms with Gasteiger partial charge in [-0.05, 0) is 30.7 Å². The van der Waals surface area contributed by atoms with Crippen LogP contribution < -0.4 is 11.1 Å². The van der Waals surface area contributed by atoms with Gasteiger partial charge in [-0.2, -0.15) is 0 Å². The minimum Gasteiger partial charge on any atom is -0.370 e. The third-order valence-corrected chi connectivity index (χ3v) is 2.52. The molecule has 0 aliphatic rings. The summed E-state index contributed by atoms with van der Waals surface area (Å²) in [6.07, 6.45) is 0.314. The van der Waals surface area contributed by atoms with Gasteiger partial charge in [0.05, 0.1) is 0 Å². The molecule has 1 rings (SSSR count). The van der Waals surface area contributed by atoms with E-state index in [4.69, 9.17) is 28.9 Å². The molecule has 1 aromatic rings. The lowest BCUT2D eigenvalue weighted by atomic mass is 10.2. The highest BCUT2D eigenvalue weighted by Gasteiger charge is 2.05. The molecule has 0 saturated heterocycles. The molecule has 0 saturated carbocycles. The first-order valence-electron chi connectivity index (χ1n) is 4.94. The fourth-order valence-electron chi connectivity index (χ4n) is 1.38. The summed E-state index contributed by atoms with van der Waals surface area (Å²) in [4.78, 5) is 10.7. The van der Waals surface area contributed by atoms with Gasteiger partial charge in [0.2, 0.25) is 5.91 Å². The first-order valence-corrected chi connectivity index (χ1v) is 5.69. The molecule has 1 atom stereocenters. The van der Waals surface area contributed by atoms with Crippen molar-refractivity contribution < 1.29 is 4.79 Å². The zero-order valence-electron chi connectivity index (χ0n) is 8.97. The number of nitrogens with two attached hydrogens (primary N) is 1. The highest BCUT2D eigenvalue weighted by molar-refractivity contribution is 6.34. The van der Waals surface area contributed by atoms with E-state index in [1.807, 2.05) is 19.1 Å². The summed E-state index contributed by atoms with van der Waals surface area (Å²) in [6.45, 7) is 2.51. The maximum absolute atomic E-state index is 10.7. The fraction of sp³-hybridized carbons (Fsp3) is 0.364. The van der Waals surface area contributed by atoms with Gasteiger partial charge in [0.1, 0.15) is 0 Å². The molecule has 0 aliphatic heterocycles. The minimum absolute atomic E-state index is 0.0373. The van der Waals surface area contributed by atoms with E-state index in [0.717, 1.165) is 5.56 Å². The van der Waals surface area contributed by atoms with Crippen LogP contribution in [-0.4, -0.2) is 11.9 Å². The summed E-state index contributed by atoms with van der Waals surface area (Å²) < 4.78 is 0. The monoisotopic (exact) mass is 260 g/mol. The lowest BCUT2D eigenvalue weighted by Gasteiger charge is -2.12. The molecule has 16 heavy (non-hydrogen) atoms. The summed E-state index contributed by atoms with van der Waals surface area (Å²) in [5.74, 6) is -0.316. The summed E-state index contributed by atoms with van der Waals surface area (Å²) in [6, 6.07) is 5.38. The van der Waals surface area contributed by atoms with Gasteiger partial charge in [0.15, 0.2) is 0 Å². The van der Waals surface area contributed by atoms with Crippen molar-refractivity contribution in [3.63, 3.8) is 0 Å². The Bertz CT molecular complexity index is 362. The van der Waals surface area contributed by atoms with Crippen LogP contribution in [0.25, 0.3) is 0 Å². The zero-order valence-corrected chi connectivity index (χ0v) is 10.5. The van der Waals surface area contributed by atoms with Crippen LogP contribution in [0.2, 0.25) is 10.0 Å². The zero-order chi connectivity index (χ0) is 12.1. The molecule has 5 heteroatoms. The highest BCUT2D eigenvalue weighted by atomic mass is 35.5. The third kappa shape index (κ3) is 4.84. The van der Waals surface area contributed by atoms with Crippen molar-refractivity contribution in [2.45, 2.75) is 25.9 Å². The molecule has 0 aliphatic carbocycles. The first kappa shape index (κ1) is 13.3. The van der Waals surface area contributed by atoms with Gasteiger partial charge in [-0.15, -0.1) is 0 Å². The van der Waals surface area contributed by atoms with Crippen LogP contribution >= 0.6 is 23.2 Å².